The van der Waals surface area contributed by atoms with Crippen molar-refractivity contribution in [2.75, 3.05) is 0 Å². The van der Waals surface area contributed by atoms with E-state index < -0.39 is 0 Å². The maximum absolute atomic E-state index is 12.1. The molecule has 0 unspecified atom stereocenters. The standard InChI is InChI=1S/C16H13ClN4OS/c1-10(15-3-2-8-23-15)18-21-16(22)14-9-13(19-20-14)11-4-6-12(17)7-5-11/h2-9H,1H3,(H,19,20)(H,21,22)/b18-10+. The van der Waals surface area contributed by atoms with Gasteiger partial charge in [-0.3, -0.25) is 9.89 Å². The zero-order valence-corrected chi connectivity index (χ0v) is 13.8. The third kappa shape index (κ3) is 3.67. The van der Waals surface area contributed by atoms with Gasteiger partial charge in [0.2, 0.25) is 0 Å². The first-order valence-electron chi connectivity index (χ1n) is 6.83. The average Bonchev–Trinajstić information content (AvgIpc) is 3.24. The Balaban J connectivity index is 1.71. The van der Waals surface area contributed by atoms with Gasteiger partial charge in [-0.25, -0.2) is 5.43 Å². The minimum atomic E-state index is -0.339. The molecule has 0 saturated heterocycles. The molecule has 1 amide bonds. The summed E-state index contributed by atoms with van der Waals surface area (Å²) in [7, 11) is 0. The Morgan fingerprint density at radius 2 is 2.09 bits per heavy atom. The Kier molecular flexibility index (Phi) is 4.55. The molecule has 0 saturated carbocycles. The molecule has 116 valence electrons. The predicted molar refractivity (Wildman–Crippen MR) is 93.0 cm³/mol. The maximum Gasteiger partial charge on any atom is 0.289 e. The largest absolute Gasteiger partial charge is 0.289 e. The van der Waals surface area contributed by atoms with Crippen LogP contribution in [0.4, 0.5) is 0 Å². The molecule has 0 fully saturated rings. The monoisotopic (exact) mass is 344 g/mol. The number of nitrogens with one attached hydrogen (secondary N) is 2. The van der Waals surface area contributed by atoms with Crippen molar-refractivity contribution in [1.29, 1.82) is 0 Å². The highest BCUT2D eigenvalue weighted by atomic mass is 35.5. The van der Waals surface area contributed by atoms with Crippen LogP contribution < -0.4 is 5.43 Å². The van der Waals surface area contributed by atoms with Gasteiger partial charge < -0.3 is 0 Å². The summed E-state index contributed by atoms with van der Waals surface area (Å²) < 4.78 is 0. The van der Waals surface area contributed by atoms with Crippen LogP contribution in [0.3, 0.4) is 0 Å². The smallest absolute Gasteiger partial charge is 0.272 e. The molecular formula is C16H13ClN4OS. The molecular weight excluding hydrogens is 332 g/mol. The minimum absolute atomic E-state index is 0.339. The second kappa shape index (κ2) is 6.76. The number of halogens is 1. The van der Waals surface area contributed by atoms with Gasteiger partial charge in [-0.15, -0.1) is 11.3 Å². The van der Waals surface area contributed by atoms with Crippen molar-refractivity contribution in [3.63, 3.8) is 0 Å². The second-order valence-electron chi connectivity index (χ2n) is 4.79. The lowest BCUT2D eigenvalue weighted by molar-refractivity contribution is 0.0950. The lowest BCUT2D eigenvalue weighted by Crippen LogP contribution is -2.19. The van der Waals surface area contributed by atoms with Crippen molar-refractivity contribution >= 4 is 34.6 Å². The number of H-pyrrole nitrogens is 1. The van der Waals surface area contributed by atoms with E-state index in [1.54, 1.807) is 29.5 Å². The molecule has 0 radical (unpaired) electrons. The quantitative estimate of drug-likeness (QED) is 0.555. The Labute approximate surface area is 142 Å². The zero-order valence-electron chi connectivity index (χ0n) is 12.2. The molecule has 3 aromatic rings. The fraction of sp³-hybridized carbons (Fsp3) is 0.0625. The number of carbonyl (C=O) groups is 1. The summed E-state index contributed by atoms with van der Waals surface area (Å²) in [4.78, 5) is 13.1. The van der Waals surface area contributed by atoms with Crippen LogP contribution in [-0.4, -0.2) is 21.8 Å². The lowest BCUT2D eigenvalue weighted by Gasteiger charge is -1.98. The number of thiophene rings is 1. The molecule has 1 aromatic carbocycles. The second-order valence-corrected chi connectivity index (χ2v) is 6.17. The van der Waals surface area contributed by atoms with Crippen LogP contribution in [0.1, 0.15) is 22.3 Å². The van der Waals surface area contributed by atoms with E-state index in [1.165, 1.54) is 0 Å². The highest BCUT2D eigenvalue weighted by Crippen LogP contribution is 2.20. The van der Waals surface area contributed by atoms with Gasteiger partial charge >= 0.3 is 0 Å². The molecule has 23 heavy (non-hydrogen) atoms. The van der Waals surface area contributed by atoms with Gasteiger partial charge in [-0.1, -0.05) is 29.8 Å². The van der Waals surface area contributed by atoms with Crippen LogP contribution in [0, 0.1) is 0 Å². The summed E-state index contributed by atoms with van der Waals surface area (Å²) in [6.07, 6.45) is 0. The van der Waals surface area contributed by atoms with E-state index >= 15 is 0 Å². The maximum atomic E-state index is 12.1. The van der Waals surface area contributed by atoms with E-state index in [2.05, 4.69) is 20.7 Å². The predicted octanol–water partition coefficient (Wildman–Crippen LogP) is 3.95. The van der Waals surface area contributed by atoms with Crippen molar-refractivity contribution in [3.8, 4) is 11.3 Å². The zero-order chi connectivity index (χ0) is 16.2. The topological polar surface area (TPSA) is 70.1 Å². The number of benzene rings is 1. The van der Waals surface area contributed by atoms with Crippen molar-refractivity contribution in [2.45, 2.75) is 6.92 Å². The Morgan fingerprint density at radius 3 is 2.78 bits per heavy atom. The first kappa shape index (κ1) is 15.5. The van der Waals surface area contributed by atoms with E-state index in [4.69, 9.17) is 11.6 Å². The molecule has 0 bridgehead atoms. The Morgan fingerprint density at radius 1 is 1.30 bits per heavy atom. The van der Waals surface area contributed by atoms with Gasteiger partial charge in [0.05, 0.1) is 11.4 Å². The molecule has 2 N–H and O–H groups in total. The van der Waals surface area contributed by atoms with E-state index in [0.717, 1.165) is 16.2 Å². The molecule has 0 aliphatic heterocycles. The van der Waals surface area contributed by atoms with Gasteiger partial charge in [0.1, 0.15) is 5.69 Å². The Bertz CT molecular complexity index is 837. The molecule has 0 aliphatic rings. The summed E-state index contributed by atoms with van der Waals surface area (Å²) in [5, 5.41) is 13.6. The van der Waals surface area contributed by atoms with E-state index in [9.17, 15) is 4.79 Å². The fourth-order valence-corrected chi connectivity index (χ4v) is 2.74. The molecule has 0 aliphatic carbocycles. The average molecular weight is 345 g/mol. The van der Waals surface area contributed by atoms with Crippen LogP contribution in [0.15, 0.2) is 52.9 Å². The number of aromatic amines is 1. The first-order chi connectivity index (χ1) is 11.1. The van der Waals surface area contributed by atoms with Crippen LogP contribution >= 0.6 is 22.9 Å². The summed E-state index contributed by atoms with van der Waals surface area (Å²) >= 11 is 7.43. The van der Waals surface area contributed by atoms with Crippen molar-refractivity contribution < 1.29 is 4.79 Å². The van der Waals surface area contributed by atoms with Crippen LogP contribution in [0.2, 0.25) is 5.02 Å². The van der Waals surface area contributed by atoms with E-state index in [-0.39, 0.29) is 5.91 Å². The number of rotatable bonds is 4. The minimum Gasteiger partial charge on any atom is -0.272 e. The first-order valence-corrected chi connectivity index (χ1v) is 8.09. The van der Waals surface area contributed by atoms with Crippen LogP contribution in [0.25, 0.3) is 11.3 Å². The molecule has 2 heterocycles. The number of aromatic nitrogens is 2. The van der Waals surface area contributed by atoms with Gasteiger partial charge in [-0.05, 0) is 36.6 Å². The fourth-order valence-electron chi connectivity index (χ4n) is 1.94. The van der Waals surface area contributed by atoms with Crippen LogP contribution in [-0.2, 0) is 0 Å². The Hall–Kier alpha value is -2.44. The van der Waals surface area contributed by atoms with Crippen molar-refractivity contribution in [2.24, 2.45) is 5.10 Å². The lowest BCUT2D eigenvalue weighted by atomic mass is 10.1. The summed E-state index contributed by atoms with van der Waals surface area (Å²) in [6, 6.07) is 12.8. The highest BCUT2D eigenvalue weighted by Gasteiger charge is 2.11. The number of carbonyl (C=O) groups excluding carboxylic acids is 1. The molecule has 2 aromatic heterocycles. The van der Waals surface area contributed by atoms with Gasteiger partial charge in [0.25, 0.3) is 5.91 Å². The van der Waals surface area contributed by atoms with E-state index in [0.29, 0.717) is 16.4 Å². The van der Waals surface area contributed by atoms with Crippen molar-refractivity contribution in [1.82, 2.24) is 15.6 Å². The van der Waals surface area contributed by atoms with E-state index in [1.807, 2.05) is 36.6 Å². The summed E-state index contributed by atoms with van der Waals surface area (Å²) in [6.45, 7) is 1.85. The number of nitrogens with zero attached hydrogens (tertiary/aromatic N) is 2. The summed E-state index contributed by atoms with van der Waals surface area (Å²) in [5.74, 6) is -0.339. The molecule has 0 atom stereocenters. The molecule has 0 spiro atoms. The van der Waals surface area contributed by atoms with Gasteiger partial charge in [-0.2, -0.15) is 10.2 Å². The normalized spacial score (nSPS) is 11.5. The molecule has 3 rings (SSSR count). The molecule has 7 heteroatoms. The van der Waals surface area contributed by atoms with Gasteiger partial charge in [0, 0.05) is 15.5 Å². The SMILES string of the molecule is C/C(=N\NC(=O)c1cc(-c2ccc(Cl)cc2)n[nH]1)c1cccs1. The highest BCUT2D eigenvalue weighted by molar-refractivity contribution is 7.12. The number of amides is 1. The number of hydrazone groups is 1. The molecule has 5 nitrogen and oxygen atoms in total. The third-order valence-electron chi connectivity index (χ3n) is 3.17. The van der Waals surface area contributed by atoms with Crippen LogP contribution in [0.5, 0.6) is 0 Å². The van der Waals surface area contributed by atoms with Gasteiger partial charge in [0.15, 0.2) is 0 Å². The third-order valence-corrected chi connectivity index (χ3v) is 4.40. The number of hydrogen-bond acceptors (Lipinski definition) is 4. The van der Waals surface area contributed by atoms with Crippen molar-refractivity contribution in [3.05, 3.63) is 63.4 Å². The number of hydrogen-bond donors (Lipinski definition) is 2. The summed E-state index contributed by atoms with van der Waals surface area (Å²) in [5.41, 5.74) is 5.17.